The van der Waals surface area contributed by atoms with Crippen molar-refractivity contribution in [1.82, 2.24) is 24.6 Å². The molecule has 29 heavy (non-hydrogen) atoms. The Morgan fingerprint density at radius 2 is 1.90 bits per heavy atom. The first-order valence-electron chi connectivity index (χ1n) is 8.82. The molecule has 0 fully saturated rings. The zero-order valence-electron chi connectivity index (χ0n) is 15.8. The van der Waals surface area contributed by atoms with Gasteiger partial charge in [0.25, 0.3) is 5.91 Å². The number of nitrogens with one attached hydrogen (secondary N) is 1. The molecule has 3 heterocycles. The maximum absolute atomic E-state index is 12.6. The van der Waals surface area contributed by atoms with Crippen LogP contribution in [0.1, 0.15) is 32.6 Å². The van der Waals surface area contributed by atoms with Gasteiger partial charge in [0.2, 0.25) is 5.95 Å². The van der Waals surface area contributed by atoms with E-state index in [4.69, 9.17) is 5.73 Å². The van der Waals surface area contributed by atoms with Crippen LogP contribution in [0.25, 0.3) is 5.65 Å². The van der Waals surface area contributed by atoms with E-state index in [2.05, 4.69) is 37.2 Å². The maximum Gasteiger partial charge on any atom is 0.256 e. The Labute approximate surface area is 166 Å². The minimum absolute atomic E-state index is 0.239. The van der Waals surface area contributed by atoms with Gasteiger partial charge >= 0.3 is 0 Å². The highest BCUT2D eigenvalue weighted by Crippen LogP contribution is 2.14. The third kappa shape index (κ3) is 3.75. The van der Waals surface area contributed by atoms with Gasteiger partial charge in [-0.25, -0.2) is 15.0 Å². The fourth-order valence-corrected chi connectivity index (χ4v) is 2.75. The highest BCUT2D eigenvalue weighted by Gasteiger charge is 2.09. The van der Waals surface area contributed by atoms with E-state index in [9.17, 15) is 4.79 Å². The Morgan fingerprint density at radius 3 is 2.72 bits per heavy atom. The number of aryl methyl sites for hydroxylation is 2. The topological polar surface area (TPSA) is 111 Å². The van der Waals surface area contributed by atoms with E-state index >= 15 is 0 Å². The molecule has 0 aliphatic rings. The van der Waals surface area contributed by atoms with Gasteiger partial charge in [-0.1, -0.05) is 17.9 Å². The van der Waals surface area contributed by atoms with Crippen molar-refractivity contribution in [3.8, 4) is 11.8 Å². The number of hydrogen-bond acceptors (Lipinski definition) is 6. The van der Waals surface area contributed by atoms with E-state index in [-0.39, 0.29) is 11.9 Å². The predicted molar refractivity (Wildman–Crippen MR) is 109 cm³/mol. The molecule has 0 atom stereocenters. The fraction of sp³-hybridized carbons (Fsp3) is 0.0952. The largest absolute Gasteiger partial charge is 0.368 e. The number of fused-ring (bicyclic) bond motifs is 1. The van der Waals surface area contributed by atoms with Crippen molar-refractivity contribution in [2.45, 2.75) is 13.8 Å². The lowest BCUT2D eigenvalue weighted by atomic mass is 10.0. The van der Waals surface area contributed by atoms with Gasteiger partial charge in [-0.2, -0.15) is 9.61 Å². The Balaban J connectivity index is 1.63. The fourth-order valence-electron chi connectivity index (χ4n) is 2.75. The molecule has 0 aliphatic carbocycles. The van der Waals surface area contributed by atoms with E-state index in [0.717, 1.165) is 16.7 Å². The summed E-state index contributed by atoms with van der Waals surface area (Å²) >= 11 is 0. The summed E-state index contributed by atoms with van der Waals surface area (Å²) in [4.78, 5) is 24.8. The molecule has 3 N–H and O–H groups in total. The van der Waals surface area contributed by atoms with Crippen molar-refractivity contribution in [2.24, 2.45) is 0 Å². The minimum atomic E-state index is -0.248. The molecule has 0 bridgehead atoms. The van der Waals surface area contributed by atoms with Crippen LogP contribution in [0.15, 0.2) is 49.1 Å². The van der Waals surface area contributed by atoms with E-state index in [1.54, 1.807) is 24.5 Å². The molecule has 0 radical (unpaired) electrons. The van der Waals surface area contributed by atoms with E-state index in [0.29, 0.717) is 22.6 Å². The SMILES string of the molecule is Cc1ccnc(NC(=O)c2ccc(C)c(C#Cc3cnn4c(N)ncnc34)c2)c1. The summed E-state index contributed by atoms with van der Waals surface area (Å²) in [5, 5.41) is 6.95. The number of nitrogens with zero attached hydrogens (tertiary/aromatic N) is 5. The van der Waals surface area contributed by atoms with Crippen LogP contribution < -0.4 is 11.1 Å². The average molecular weight is 383 g/mol. The van der Waals surface area contributed by atoms with Gasteiger partial charge in [0.15, 0.2) is 5.65 Å². The van der Waals surface area contributed by atoms with Gasteiger partial charge in [0.05, 0.1) is 11.8 Å². The number of nitrogen functional groups attached to an aromatic ring is 1. The number of carbonyl (C=O) groups is 1. The van der Waals surface area contributed by atoms with Crippen LogP contribution in [-0.2, 0) is 0 Å². The second kappa shape index (κ2) is 7.40. The number of anilines is 2. The summed E-state index contributed by atoms with van der Waals surface area (Å²) in [5.74, 6) is 6.64. The normalized spacial score (nSPS) is 10.4. The standard InChI is InChI=1S/C21H17N7O/c1-13-7-8-23-18(9-13)27-20(29)16-4-3-14(2)15(10-16)5-6-17-11-26-28-19(17)24-12-25-21(28)22/h3-4,7-12H,1-2H3,(H2,22,24,25)(H,23,27,29). The van der Waals surface area contributed by atoms with Gasteiger partial charge in [0, 0.05) is 17.3 Å². The molecule has 0 saturated carbocycles. The first kappa shape index (κ1) is 18.1. The molecule has 0 spiro atoms. The number of pyridine rings is 1. The first-order chi connectivity index (χ1) is 14.0. The number of amides is 1. The van der Waals surface area contributed by atoms with Crippen molar-refractivity contribution < 1.29 is 4.79 Å². The van der Waals surface area contributed by atoms with Gasteiger partial charge in [-0.15, -0.1) is 0 Å². The summed E-state index contributed by atoms with van der Waals surface area (Å²) in [7, 11) is 0. The zero-order chi connectivity index (χ0) is 20.4. The zero-order valence-corrected chi connectivity index (χ0v) is 15.8. The molecule has 8 nitrogen and oxygen atoms in total. The second-order valence-corrected chi connectivity index (χ2v) is 6.48. The summed E-state index contributed by atoms with van der Waals surface area (Å²) in [6.45, 7) is 3.87. The lowest BCUT2D eigenvalue weighted by molar-refractivity contribution is 0.102. The summed E-state index contributed by atoms with van der Waals surface area (Å²) < 4.78 is 1.43. The van der Waals surface area contributed by atoms with Crippen molar-refractivity contribution in [3.63, 3.8) is 0 Å². The molecule has 1 amide bonds. The molecule has 3 aromatic heterocycles. The number of aromatic nitrogens is 5. The molecule has 8 heteroatoms. The van der Waals surface area contributed by atoms with Crippen molar-refractivity contribution in [3.05, 3.63) is 76.9 Å². The van der Waals surface area contributed by atoms with E-state index < -0.39 is 0 Å². The number of benzene rings is 1. The van der Waals surface area contributed by atoms with Crippen LogP contribution in [0.4, 0.5) is 11.8 Å². The lowest BCUT2D eigenvalue weighted by Gasteiger charge is -2.06. The quantitative estimate of drug-likeness (QED) is 0.514. The summed E-state index contributed by atoms with van der Waals surface area (Å²) in [6, 6.07) is 9.05. The second-order valence-electron chi connectivity index (χ2n) is 6.48. The van der Waals surface area contributed by atoms with Crippen LogP contribution in [-0.4, -0.2) is 30.5 Å². The van der Waals surface area contributed by atoms with Crippen molar-refractivity contribution >= 4 is 23.3 Å². The molecule has 0 unspecified atom stereocenters. The molecule has 4 aromatic rings. The van der Waals surface area contributed by atoms with Gasteiger partial charge < -0.3 is 11.1 Å². The number of rotatable bonds is 2. The van der Waals surface area contributed by atoms with Crippen LogP contribution in [0, 0.1) is 25.7 Å². The molecule has 0 aliphatic heterocycles. The summed E-state index contributed by atoms with van der Waals surface area (Å²) in [6.07, 6.45) is 4.61. The predicted octanol–water partition coefficient (Wildman–Crippen LogP) is 2.37. The lowest BCUT2D eigenvalue weighted by Crippen LogP contribution is -2.13. The Hall–Kier alpha value is -4.25. The first-order valence-corrected chi connectivity index (χ1v) is 8.82. The van der Waals surface area contributed by atoms with E-state index in [1.165, 1.54) is 10.8 Å². The average Bonchev–Trinajstić information content (AvgIpc) is 3.12. The number of nitrogens with two attached hydrogens (primary N) is 1. The smallest absolute Gasteiger partial charge is 0.256 e. The van der Waals surface area contributed by atoms with Gasteiger partial charge in [-0.05, 0) is 49.2 Å². The molecular weight excluding hydrogens is 366 g/mol. The highest BCUT2D eigenvalue weighted by atomic mass is 16.1. The molecule has 1 aromatic carbocycles. The summed E-state index contributed by atoms with van der Waals surface area (Å²) in [5.41, 5.74) is 10.1. The molecule has 0 saturated heterocycles. The monoisotopic (exact) mass is 383 g/mol. The van der Waals surface area contributed by atoms with Crippen molar-refractivity contribution in [2.75, 3.05) is 11.1 Å². The minimum Gasteiger partial charge on any atom is -0.368 e. The Bertz CT molecular complexity index is 1300. The molecular formula is C21H17N7O. The van der Waals surface area contributed by atoms with E-state index in [1.807, 2.05) is 32.0 Å². The maximum atomic E-state index is 12.6. The van der Waals surface area contributed by atoms with Crippen LogP contribution in [0.2, 0.25) is 0 Å². The van der Waals surface area contributed by atoms with Gasteiger partial charge in [-0.3, -0.25) is 4.79 Å². The van der Waals surface area contributed by atoms with Crippen molar-refractivity contribution in [1.29, 1.82) is 0 Å². The third-order valence-electron chi connectivity index (χ3n) is 4.32. The Kier molecular flexibility index (Phi) is 4.63. The number of hydrogen-bond donors (Lipinski definition) is 2. The van der Waals surface area contributed by atoms with Gasteiger partial charge in [0.1, 0.15) is 12.1 Å². The van der Waals surface area contributed by atoms with Crippen LogP contribution in [0.5, 0.6) is 0 Å². The Morgan fingerprint density at radius 1 is 1.07 bits per heavy atom. The highest BCUT2D eigenvalue weighted by molar-refractivity contribution is 6.04. The van der Waals surface area contributed by atoms with Crippen LogP contribution >= 0.6 is 0 Å². The number of carbonyl (C=O) groups excluding carboxylic acids is 1. The van der Waals surface area contributed by atoms with Crippen LogP contribution in [0.3, 0.4) is 0 Å². The third-order valence-corrected chi connectivity index (χ3v) is 4.32. The molecule has 4 rings (SSSR count). The molecule has 142 valence electrons.